The van der Waals surface area contributed by atoms with Crippen LogP contribution in [0.5, 0.6) is 11.5 Å². The molecule has 0 radical (unpaired) electrons. The number of methoxy groups -OCH3 is 1. The fourth-order valence-corrected chi connectivity index (χ4v) is 3.65. The molecule has 0 saturated carbocycles. The highest BCUT2D eigenvalue weighted by atomic mass is 19.4. The van der Waals surface area contributed by atoms with Crippen LogP contribution in [0.2, 0.25) is 0 Å². The Bertz CT molecular complexity index is 1440. The summed E-state index contributed by atoms with van der Waals surface area (Å²) < 4.78 is 50.0. The number of aromatic carboxylic acids is 1. The number of anilines is 2. The van der Waals surface area contributed by atoms with Crippen molar-refractivity contribution in [1.82, 2.24) is 9.97 Å². The van der Waals surface area contributed by atoms with E-state index in [0.29, 0.717) is 22.6 Å². The summed E-state index contributed by atoms with van der Waals surface area (Å²) >= 11 is 0. The molecule has 190 valence electrons. The standard InChI is InChI=1S/C27H22F3N3O4/c1-16-10-19(13-20(11-16)32-26-31-9-8-24(33-26)27(28,29)30)18-6-7-23(22(14-18)25(34)35)37-15-17-4-3-5-21(12-17)36-2/h3-14H,15H2,1-2H3,(H,34,35)(H,31,32,33). The number of carboxylic acids is 1. The third-order valence-electron chi connectivity index (χ3n) is 5.35. The first-order valence-electron chi connectivity index (χ1n) is 11.0. The second-order valence-electron chi connectivity index (χ2n) is 8.13. The van der Waals surface area contributed by atoms with E-state index in [2.05, 4.69) is 15.3 Å². The van der Waals surface area contributed by atoms with E-state index in [0.717, 1.165) is 23.4 Å². The Morgan fingerprint density at radius 1 is 1.03 bits per heavy atom. The van der Waals surface area contributed by atoms with Crippen molar-refractivity contribution in [2.45, 2.75) is 19.7 Å². The molecule has 0 bridgehead atoms. The van der Waals surface area contributed by atoms with Crippen molar-refractivity contribution in [3.05, 3.63) is 95.3 Å². The molecule has 0 atom stereocenters. The van der Waals surface area contributed by atoms with Gasteiger partial charge in [-0.3, -0.25) is 0 Å². The first kappa shape index (κ1) is 25.5. The van der Waals surface area contributed by atoms with Gasteiger partial charge in [0.05, 0.1) is 7.11 Å². The fourth-order valence-electron chi connectivity index (χ4n) is 3.65. The number of carboxylic acid groups (broad SMARTS) is 1. The summed E-state index contributed by atoms with van der Waals surface area (Å²) in [5, 5.41) is 12.6. The number of hydrogen-bond acceptors (Lipinski definition) is 6. The number of carbonyl (C=O) groups is 1. The number of halogens is 3. The van der Waals surface area contributed by atoms with Crippen molar-refractivity contribution >= 4 is 17.6 Å². The summed E-state index contributed by atoms with van der Waals surface area (Å²) in [6.45, 7) is 1.96. The first-order chi connectivity index (χ1) is 17.6. The van der Waals surface area contributed by atoms with Gasteiger partial charge in [-0.2, -0.15) is 13.2 Å². The van der Waals surface area contributed by atoms with Crippen LogP contribution < -0.4 is 14.8 Å². The lowest BCUT2D eigenvalue weighted by molar-refractivity contribution is -0.141. The van der Waals surface area contributed by atoms with E-state index in [4.69, 9.17) is 9.47 Å². The molecule has 7 nitrogen and oxygen atoms in total. The van der Waals surface area contributed by atoms with Gasteiger partial charge in [0.25, 0.3) is 0 Å². The van der Waals surface area contributed by atoms with Crippen molar-refractivity contribution in [2.24, 2.45) is 0 Å². The molecule has 0 unspecified atom stereocenters. The molecule has 0 aliphatic rings. The summed E-state index contributed by atoms with van der Waals surface area (Å²) in [6.07, 6.45) is -3.57. The zero-order valence-corrected chi connectivity index (χ0v) is 19.8. The minimum Gasteiger partial charge on any atom is -0.497 e. The number of hydrogen-bond donors (Lipinski definition) is 2. The molecular formula is C27H22F3N3O4. The SMILES string of the molecule is COc1cccc(COc2ccc(-c3cc(C)cc(Nc4nccc(C(F)(F)F)n4)c3)cc2C(=O)O)c1. The molecule has 0 aliphatic carbocycles. The van der Waals surface area contributed by atoms with Crippen molar-refractivity contribution in [2.75, 3.05) is 12.4 Å². The average molecular weight is 509 g/mol. The molecule has 4 aromatic rings. The predicted molar refractivity (Wildman–Crippen MR) is 131 cm³/mol. The maximum atomic E-state index is 13.0. The molecule has 4 rings (SSSR count). The van der Waals surface area contributed by atoms with E-state index >= 15 is 0 Å². The quantitative estimate of drug-likeness (QED) is 0.280. The van der Waals surface area contributed by atoms with Crippen LogP contribution in [0.4, 0.5) is 24.8 Å². The van der Waals surface area contributed by atoms with Crippen LogP contribution in [0.1, 0.15) is 27.2 Å². The van der Waals surface area contributed by atoms with E-state index in [1.807, 2.05) is 25.1 Å². The third kappa shape index (κ3) is 6.35. The van der Waals surface area contributed by atoms with Gasteiger partial charge in [-0.15, -0.1) is 0 Å². The number of ether oxygens (including phenoxy) is 2. The van der Waals surface area contributed by atoms with Gasteiger partial charge in [0, 0.05) is 11.9 Å². The van der Waals surface area contributed by atoms with Crippen LogP contribution >= 0.6 is 0 Å². The van der Waals surface area contributed by atoms with Gasteiger partial charge in [-0.25, -0.2) is 14.8 Å². The molecule has 10 heteroatoms. The Hall–Kier alpha value is -4.60. The number of aromatic nitrogens is 2. The van der Waals surface area contributed by atoms with Crippen molar-refractivity contribution in [1.29, 1.82) is 0 Å². The molecule has 0 aliphatic heterocycles. The van der Waals surface area contributed by atoms with Gasteiger partial charge in [-0.1, -0.05) is 24.3 Å². The number of alkyl halides is 3. The zero-order chi connectivity index (χ0) is 26.6. The van der Waals surface area contributed by atoms with Crippen LogP contribution in [0.15, 0.2) is 72.9 Å². The normalized spacial score (nSPS) is 11.2. The van der Waals surface area contributed by atoms with Crippen LogP contribution in [-0.2, 0) is 12.8 Å². The van der Waals surface area contributed by atoms with E-state index in [1.54, 1.807) is 43.5 Å². The minimum absolute atomic E-state index is 0.0300. The number of rotatable bonds is 8. The van der Waals surface area contributed by atoms with Gasteiger partial charge in [0.2, 0.25) is 5.95 Å². The molecule has 0 fully saturated rings. The topological polar surface area (TPSA) is 93.6 Å². The van der Waals surface area contributed by atoms with Gasteiger partial charge < -0.3 is 19.9 Å². The van der Waals surface area contributed by atoms with Crippen LogP contribution in [0.25, 0.3) is 11.1 Å². The average Bonchev–Trinajstić information content (AvgIpc) is 2.86. The molecule has 0 spiro atoms. The maximum Gasteiger partial charge on any atom is 0.433 e. The number of nitrogens with one attached hydrogen (secondary N) is 1. The van der Waals surface area contributed by atoms with Gasteiger partial charge >= 0.3 is 12.1 Å². The zero-order valence-electron chi connectivity index (χ0n) is 19.8. The summed E-state index contributed by atoms with van der Waals surface area (Å²) in [5.74, 6) is -0.513. The van der Waals surface area contributed by atoms with Crippen molar-refractivity contribution in [3.8, 4) is 22.6 Å². The first-order valence-corrected chi connectivity index (χ1v) is 11.0. The Morgan fingerprint density at radius 3 is 2.57 bits per heavy atom. The van der Waals surface area contributed by atoms with Gasteiger partial charge in [-0.05, 0) is 71.6 Å². The van der Waals surface area contributed by atoms with Gasteiger partial charge in [0.1, 0.15) is 29.4 Å². The summed E-state index contributed by atoms with van der Waals surface area (Å²) in [5.41, 5.74) is 2.20. The maximum absolute atomic E-state index is 13.0. The lowest BCUT2D eigenvalue weighted by atomic mass is 10.00. The Kier molecular flexibility index (Phi) is 7.28. The third-order valence-corrected chi connectivity index (χ3v) is 5.35. The molecule has 0 saturated heterocycles. The molecule has 3 aromatic carbocycles. The highest BCUT2D eigenvalue weighted by Gasteiger charge is 2.32. The number of nitrogens with zero attached hydrogens (tertiary/aromatic N) is 2. The smallest absolute Gasteiger partial charge is 0.433 e. The van der Waals surface area contributed by atoms with E-state index in [9.17, 15) is 23.1 Å². The molecule has 1 heterocycles. The summed E-state index contributed by atoms with van der Waals surface area (Å²) in [4.78, 5) is 19.4. The van der Waals surface area contributed by atoms with Crippen LogP contribution in [-0.4, -0.2) is 28.2 Å². The molecular weight excluding hydrogens is 487 g/mol. The van der Waals surface area contributed by atoms with E-state index in [1.165, 1.54) is 6.07 Å². The van der Waals surface area contributed by atoms with E-state index in [-0.39, 0.29) is 23.9 Å². The number of aryl methyl sites for hydroxylation is 1. The Morgan fingerprint density at radius 2 is 1.84 bits per heavy atom. The molecule has 0 amide bonds. The minimum atomic E-state index is -4.60. The Labute approximate surface area is 210 Å². The summed E-state index contributed by atoms with van der Waals surface area (Å²) in [7, 11) is 1.56. The largest absolute Gasteiger partial charge is 0.497 e. The van der Waals surface area contributed by atoms with Crippen LogP contribution in [0, 0.1) is 6.92 Å². The lowest BCUT2D eigenvalue weighted by Crippen LogP contribution is -2.10. The molecule has 2 N–H and O–H groups in total. The second kappa shape index (κ2) is 10.6. The Balaban J connectivity index is 1.60. The number of benzene rings is 3. The van der Waals surface area contributed by atoms with Crippen molar-refractivity contribution in [3.63, 3.8) is 0 Å². The summed E-state index contributed by atoms with van der Waals surface area (Å²) in [6, 6.07) is 18.0. The highest BCUT2D eigenvalue weighted by molar-refractivity contribution is 5.93. The monoisotopic (exact) mass is 509 g/mol. The second-order valence-corrected chi connectivity index (χ2v) is 8.13. The van der Waals surface area contributed by atoms with E-state index < -0.39 is 17.8 Å². The van der Waals surface area contributed by atoms with Gasteiger partial charge in [0.15, 0.2) is 0 Å². The lowest BCUT2D eigenvalue weighted by Gasteiger charge is -2.13. The van der Waals surface area contributed by atoms with Crippen LogP contribution in [0.3, 0.4) is 0 Å². The molecule has 37 heavy (non-hydrogen) atoms. The highest BCUT2D eigenvalue weighted by Crippen LogP contribution is 2.32. The fraction of sp³-hybridized carbons (Fsp3) is 0.148. The molecule has 1 aromatic heterocycles. The predicted octanol–water partition coefficient (Wildman–Crippen LogP) is 6.50. The van der Waals surface area contributed by atoms with Crippen molar-refractivity contribution < 1.29 is 32.5 Å².